The lowest BCUT2D eigenvalue weighted by atomic mass is 10.2. The summed E-state index contributed by atoms with van der Waals surface area (Å²) in [6, 6.07) is 11.4. The topological polar surface area (TPSA) is 266 Å². The lowest BCUT2D eigenvalue weighted by Crippen LogP contribution is -2.49. The van der Waals surface area contributed by atoms with Crippen LogP contribution >= 0.6 is 35.1 Å². The lowest BCUT2D eigenvalue weighted by molar-refractivity contribution is -0.386. The molecule has 4 aromatic rings. The number of nitrogens with zero attached hydrogens (tertiary/aromatic N) is 9. The number of anilines is 1. The Morgan fingerprint density at radius 2 is 1.27 bits per heavy atom. The minimum Gasteiger partial charge on any atom is -0.365 e. The van der Waals surface area contributed by atoms with Gasteiger partial charge in [0.15, 0.2) is 27.8 Å². The summed E-state index contributed by atoms with van der Waals surface area (Å²) < 4.78 is 124. The van der Waals surface area contributed by atoms with Crippen LogP contribution < -0.4 is 4.90 Å². The normalized spacial score (nSPS) is 15.5. The Hall–Kier alpha value is -5.32. The van der Waals surface area contributed by atoms with Gasteiger partial charge in [-0.1, -0.05) is 59.4 Å². The SMILES string of the molecule is CSc1nc(C(C#N)S(=O)(=O)c2ccccc2F)c([N+](=O)[O-])c(N2CCOC(C(F)(F)F)C2)n1.CSc1nc(Cl)c([N+](=O)[O-])c(C(C#N)S(=O)(=O)c2ccccc2F)n1. The van der Waals surface area contributed by atoms with E-state index in [-0.39, 0.29) is 16.9 Å². The van der Waals surface area contributed by atoms with E-state index in [0.717, 1.165) is 52.7 Å². The molecule has 0 saturated carbocycles. The second-order valence-electron chi connectivity index (χ2n) is 11.3. The zero-order valence-electron chi connectivity index (χ0n) is 29.6. The van der Waals surface area contributed by atoms with Crippen molar-refractivity contribution in [2.75, 3.05) is 37.1 Å². The highest BCUT2D eigenvalue weighted by Crippen LogP contribution is 2.41. The predicted octanol–water partition coefficient (Wildman–Crippen LogP) is 5.99. The second kappa shape index (κ2) is 18.7. The van der Waals surface area contributed by atoms with Gasteiger partial charge in [-0.2, -0.15) is 28.7 Å². The molecule has 312 valence electrons. The first-order valence-corrected chi connectivity index (χ1v) is 21.6. The molecule has 1 aliphatic heterocycles. The maximum absolute atomic E-state index is 14.2. The predicted molar refractivity (Wildman–Crippen MR) is 198 cm³/mol. The van der Waals surface area contributed by atoms with E-state index in [4.69, 9.17) is 16.3 Å². The number of aromatic nitrogens is 4. The molecule has 28 heteroatoms. The molecule has 0 aliphatic carbocycles. The number of sulfone groups is 2. The number of halogens is 6. The molecule has 18 nitrogen and oxygen atoms in total. The number of nitriles is 2. The number of thioether (sulfide) groups is 2. The number of rotatable bonds is 11. The third-order valence-electron chi connectivity index (χ3n) is 7.82. The summed E-state index contributed by atoms with van der Waals surface area (Å²) in [5, 5.41) is 36.9. The van der Waals surface area contributed by atoms with Crippen LogP contribution in [-0.4, -0.2) is 91.1 Å². The molecule has 3 atom stereocenters. The number of alkyl halides is 3. The first-order chi connectivity index (χ1) is 27.6. The molecule has 5 rings (SSSR count). The summed E-state index contributed by atoms with van der Waals surface area (Å²) in [5.74, 6) is -2.87. The fourth-order valence-corrected chi connectivity index (χ4v) is 9.13. The number of benzene rings is 2. The van der Waals surface area contributed by atoms with E-state index in [0.29, 0.717) is 0 Å². The molecule has 0 N–H and O–H groups in total. The van der Waals surface area contributed by atoms with Crippen molar-refractivity contribution in [3.05, 3.63) is 96.9 Å². The molecule has 3 heterocycles. The van der Waals surface area contributed by atoms with Crippen LogP contribution in [0, 0.1) is 54.5 Å². The molecule has 1 fully saturated rings. The quantitative estimate of drug-likeness (QED) is 0.0417. The molecule has 0 bridgehead atoms. The molecule has 1 saturated heterocycles. The summed E-state index contributed by atoms with van der Waals surface area (Å²) in [7, 11) is -9.49. The highest BCUT2D eigenvalue weighted by atomic mass is 35.5. The minimum atomic E-state index is -4.86. The van der Waals surface area contributed by atoms with Crippen molar-refractivity contribution >= 4 is 72.0 Å². The minimum absolute atomic E-state index is 0.0606. The fraction of sp³-hybridized carbons (Fsp3) is 0.290. The zero-order chi connectivity index (χ0) is 44.0. The van der Waals surface area contributed by atoms with Gasteiger partial charge < -0.3 is 9.64 Å². The Morgan fingerprint density at radius 3 is 1.68 bits per heavy atom. The molecular formula is C31H23ClF5N9O9S4. The van der Waals surface area contributed by atoms with Crippen molar-refractivity contribution in [1.29, 1.82) is 10.5 Å². The largest absolute Gasteiger partial charge is 0.416 e. The summed E-state index contributed by atoms with van der Waals surface area (Å²) in [4.78, 5) is 35.6. The first kappa shape index (κ1) is 46.4. The summed E-state index contributed by atoms with van der Waals surface area (Å²) in [5.41, 5.74) is -3.56. The van der Waals surface area contributed by atoms with Gasteiger partial charge in [-0.25, -0.2) is 40.6 Å². The monoisotopic (exact) mass is 923 g/mol. The standard InChI is InChI=1S/C18H15F4N5O5S2.C13H8ClFN4O4S2/c1-33-17-24-14(12(8-23)34(30,31)11-5-3-2-4-10(11)19)15(27(28)29)16(25-17)26-6-7-32-13(9-26)18(20,21)22;1-24-13-17-10(11(19(20)21)12(14)18-13)9(6-16)25(22,23)8-5-3-2-4-7(8)15/h2-5,12-13H,6-7,9H2,1H3;2-5,9H,1H3. The van der Waals surface area contributed by atoms with Gasteiger partial charge in [0.25, 0.3) is 0 Å². The fourth-order valence-electron chi connectivity index (χ4n) is 5.17. The molecule has 2 aromatic heterocycles. The van der Waals surface area contributed by atoms with Gasteiger partial charge >= 0.3 is 17.6 Å². The van der Waals surface area contributed by atoms with Crippen molar-refractivity contribution in [3.8, 4) is 12.1 Å². The van der Waals surface area contributed by atoms with Crippen LogP contribution in [0.4, 0.5) is 39.1 Å². The molecule has 2 aromatic carbocycles. The Bertz CT molecular complexity index is 2600. The van der Waals surface area contributed by atoms with Crippen LogP contribution in [0.25, 0.3) is 0 Å². The van der Waals surface area contributed by atoms with Crippen LogP contribution in [-0.2, 0) is 24.4 Å². The van der Waals surface area contributed by atoms with Gasteiger partial charge in [-0.05, 0) is 36.8 Å². The molecule has 0 radical (unpaired) electrons. The number of nitro groups is 2. The molecule has 3 unspecified atom stereocenters. The van der Waals surface area contributed by atoms with E-state index >= 15 is 0 Å². The smallest absolute Gasteiger partial charge is 0.365 e. The van der Waals surface area contributed by atoms with E-state index in [1.807, 2.05) is 0 Å². The second-order valence-corrected chi connectivity index (χ2v) is 17.2. The third kappa shape index (κ3) is 9.94. The van der Waals surface area contributed by atoms with E-state index < -0.39 is 121 Å². The highest BCUT2D eigenvalue weighted by molar-refractivity contribution is 7.98. The Labute approximate surface area is 343 Å². The maximum atomic E-state index is 14.2. The zero-order valence-corrected chi connectivity index (χ0v) is 33.6. The van der Waals surface area contributed by atoms with Gasteiger partial charge in [-0.15, -0.1) is 0 Å². The van der Waals surface area contributed by atoms with Gasteiger partial charge in [0.05, 0.1) is 35.1 Å². The number of hydrogen-bond donors (Lipinski definition) is 0. The average Bonchev–Trinajstić information content (AvgIpc) is 3.17. The Morgan fingerprint density at radius 1 is 0.831 bits per heavy atom. The summed E-state index contributed by atoms with van der Waals surface area (Å²) in [6.07, 6.45) is -4.06. The van der Waals surface area contributed by atoms with E-state index in [2.05, 4.69) is 19.9 Å². The number of morpholine rings is 1. The van der Waals surface area contributed by atoms with Crippen molar-refractivity contribution in [2.24, 2.45) is 0 Å². The highest BCUT2D eigenvalue weighted by Gasteiger charge is 2.47. The summed E-state index contributed by atoms with van der Waals surface area (Å²) in [6.45, 7) is -1.52. The average molecular weight is 924 g/mol. The third-order valence-corrected chi connectivity index (χ3v) is 13.0. The van der Waals surface area contributed by atoms with Crippen molar-refractivity contribution < 1.29 is 53.4 Å². The van der Waals surface area contributed by atoms with Crippen LogP contribution in [0.2, 0.25) is 5.15 Å². The Kier molecular flexibility index (Phi) is 14.7. The van der Waals surface area contributed by atoms with Crippen LogP contribution in [0.3, 0.4) is 0 Å². The van der Waals surface area contributed by atoms with Crippen molar-refractivity contribution in [2.45, 2.75) is 42.9 Å². The van der Waals surface area contributed by atoms with Gasteiger partial charge in [0.1, 0.15) is 21.4 Å². The van der Waals surface area contributed by atoms with E-state index in [1.165, 1.54) is 48.9 Å². The maximum Gasteiger partial charge on any atom is 0.416 e. The molecule has 59 heavy (non-hydrogen) atoms. The molecule has 0 amide bonds. The van der Waals surface area contributed by atoms with Gasteiger partial charge in [0, 0.05) is 6.54 Å². The van der Waals surface area contributed by atoms with Crippen molar-refractivity contribution in [3.63, 3.8) is 0 Å². The number of ether oxygens (including phenoxy) is 1. The van der Waals surface area contributed by atoms with E-state index in [9.17, 15) is 69.5 Å². The van der Waals surface area contributed by atoms with Crippen molar-refractivity contribution in [1.82, 2.24) is 19.9 Å². The van der Waals surface area contributed by atoms with Gasteiger partial charge in [-0.3, -0.25) is 20.2 Å². The van der Waals surface area contributed by atoms with Crippen LogP contribution in [0.15, 0.2) is 68.6 Å². The molecule has 1 aliphatic rings. The molecular weight excluding hydrogens is 901 g/mol. The first-order valence-electron chi connectivity index (χ1n) is 15.7. The van der Waals surface area contributed by atoms with Crippen LogP contribution in [0.5, 0.6) is 0 Å². The number of hydrogen-bond acceptors (Lipinski definition) is 18. The summed E-state index contributed by atoms with van der Waals surface area (Å²) >= 11 is 7.52. The Balaban J connectivity index is 0.000000273. The molecule has 0 spiro atoms. The van der Waals surface area contributed by atoms with Crippen LogP contribution in [0.1, 0.15) is 21.9 Å². The van der Waals surface area contributed by atoms with E-state index in [1.54, 1.807) is 0 Å². The van der Waals surface area contributed by atoms with Gasteiger partial charge in [0.2, 0.25) is 41.1 Å². The lowest BCUT2D eigenvalue weighted by Gasteiger charge is -2.34.